The summed E-state index contributed by atoms with van der Waals surface area (Å²) in [7, 11) is 4.53. The molecule has 14 heteroatoms. The van der Waals surface area contributed by atoms with E-state index in [-0.39, 0.29) is 17.9 Å². The molecule has 2 unspecified atom stereocenters. The predicted molar refractivity (Wildman–Crippen MR) is 173 cm³/mol. The van der Waals surface area contributed by atoms with Gasteiger partial charge in [0.25, 0.3) is 5.91 Å². The molecule has 1 N–H and O–H groups in total. The molecule has 2 atom stereocenters. The number of nitrogens with zero attached hydrogens (tertiary/aromatic N) is 8. The molecule has 47 heavy (non-hydrogen) atoms. The Kier molecular flexibility index (Phi) is 9.27. The smallest absolute Gasteiger partial charge is 0.252 e. The van der Waals surface area contributed by atoms with Gasteiger partial charge >= 0.3 is 0 Å². The lowest BCUT2D eigenvalue weighted by molar-refractivity contribution is -0.128. The number of anilines is 1. The normalized spacial score (nSPS) is 14.7. The van der Waals surface area contributed by atoms with Gasteiger partial charge in [-0.25, -0.2) is 9.36 Å². The quantitative estimate of drug-likeness (QED) is 0.222. The highest BCUT2D eigenvalue weighted by molar-refractivity contribution is 6.03. The van der Waals surface area contributed by atoms with Crippen LogP contribution in [0.5, 0.6) is 17.2 Å². The average molecular weight is 640 g/mol. The van der Waals surface area contributed by atoms with E-state index in [2.05, 4.69) is 31.2 Å². The van der Waals surface area contributed by atoms with E-state index in [1.807, 2.05) is 24.3 Å². The van der Waals surface area contributed by atoms with Crippen LogP contribution in [0.2, 0.25) is 0 Å². The monoisotopic (exact) mass is 639 g/mol. The second-order valence-electron chi connectivity index (χ2n) is 11.4. The van der Waals surface area contributed by atoms with E-state index in [9.17, 15) is 9.59 Å². The van der Waals surface area contributed by atoms with Crippen molar-refractivity contribution in [2.75, 3.05) is 26.2 Å². The molecular formula is C33H37N9O5. The second-order valence-corrected chi connectivity index (χ2v) is 11.4. The molecule has 0 bridgehead atoms. The minimum absolute atomic E-state index is 0.0170. The summed E-state index contributed by atoms with van der Waals surface area (Å²) in [6, 6.07) is 15.9. The Morgan fingerprint density at radius 2 is 1.62 bits per heavy atom. The van der Waals surface area contributed by atoms with Crippen LogP contribution in [0.1, 0.15) is 56.7 Å². The Hall–Kier alpha value is -5.53. The number of hydrogen-bond donors (Lipinski definition) is 1. The third-order valence-corrected chi connectivity index (χ3v) is 8.54. The minimum Gasteiger partial charge on any atom is -0.493 e. The summed E-state index contributed by atoms with van der Waals surface area (Å²) in [5, 5.41) is 23.3. The molecule has 0 saturated heterocycles. The number of carbonyl (C=O) groups is 2. The van der Waals surface area contributed by atoms with E-state index in [1.165, 1.54) is 37.2 Å². The summed E-state index contributed by atoms with van der Waals surface area (Å²) in [5.41, 5.74) is 2.97. The van der Waals surface area contributed by atoms with Gasteiger partial charge < -0.3 is 19.5 Å². The van der Waals surface area contributed by atoms with Crippen LogP contribution in [0.3, 0.4) is 0 Å². The number of tetrazole rings is 1. The van der Waals surface area contributed by atoms with Crippen LogP contribution in [0, 0.1) is 0 Å². The van der Waals surface area contributed by atoms with Crippen molar-refractivity contribution < 1.29 is 23.8 Å². The highest BCUT2D eigenvalue weighted by atomic mass is 16.5. The van der Waals surface area contributed by atoms with Gasteiger partial charge in [-0.05, 0) is 84.3 Å². The van der Waals surface area contributed by atoms with Gasteiger partial charge in [0.15, 0.2) is 11.5 Å². The number of methoxy groups -OCH3 is 3. The van der Waals surface area contributed by atoms with Crippen molar-refractivity contribution >= 4 is 28.5 Å². The third kappa shape index (κ3) is 6.30. The number of hydrogen-bond acceptors (Lipinski definition) is 10. The number of carbonyl (C=O) groups excluding carboxylic acids is 2. The van der Waals surface area contributed by atoms with Gasteiger partial charge in [-0.1, -0.05) is 36.6 Å². The number of para-hydroxylation sites is 1. The number of benzene rings is 3. The summed E-state index contributed by atoms with van der Waals surface area (Å²) >= 11 is 0. The second kappa shape index (κ2) is 13.8. The van der Waals surface area contributed by atoms with Crippen LogP contribution in [0.15, 0.2) is 67.0 Å². The fraction of sp³-hybridized carbons (Fsp3) is 0.364. The molecule has 1 aliphatic carbocycles. The lowest BCUT2D eigenvalue weighted by Gasteiger charge is -2.35. The van der Waals surface area contributed by atoms with Crippen molar-refractivity contribution in [2.24, 2.45) is 0 Å². The zero-order valence-electron chi connectivity index (χ0n) is 26.7. The largest absolute Gasteiger partial charge is 0.493 e. The van der Waals surface area contributed by atoms with E-state index in [0.29, 0.717) is 45.2 Å². The molecule has 0 radical (unpaired) electrons. The molecule has 2 heterocycles. The van der Waals surface area contributed by atoms with Gasteiger partial charge in [-0.2, -0.15) is 0 Å². The Morgan fingerprint density at radius 1 is 0.915 bits per heavy atom. The predicted octanol–water partition coefficient (Wildman–Crippen LogP) is 4.22. The summed E-state index contributed by atoms with van der Waals surface area (Å²) in [6.45, 7) is 1.75. The van der Waals surface area contributed by atoms with Crippen LogP contribution < -0.4 is 24.4 Å². The van der Waals surface area contributed by atoms with Gasteiger partial charge in [-0.3, -0.25) is 14.5 Å². The molecule has 1 aliphatic rings. The maximum atomic E-state index is 14.9. The Morgan fingerprint density at radius 3 is 2.26 bits per heavy atom. The first-order valence-electron chi connectivity index (χ1n) is 15.5. The first-order valence-corrected chi connectivity index (χ1v) is 15.5. The fourth-order valence-corrected chi connectivity index (χ4v) is 6.13. The zero-order chi connectivity index (χ0) is 32.9. The number of aromatic nitrogens is 7. The van der Waals surface area contributed by atoms with Crippen molar-refractivity contribution in [1.82, 2.24) is 40.5 Å². The van der Waals surface area contributed by atoms with Crippen molar-refractivity contribution in [3.05, 3.63) is 72.6 Å². The van der Waals surface area contributed by atoms with E-state index in [0.717, 1.165) is 32.1 Å². The lowest BCUT2D eigenvalue weighted by atomic mass is 9.94. The highest BCUT2D eigenvalue weighted by Crippen LogP contribution is 2.42. The van der Waals surface area contributed by atoms with Gasteiger partial charge in [0.2, 0.25) is 11.7 Å². The molecule has 1 fully saturated rings. The maximum absolute atomic E-state index is 14.9. The molecule has 5 aromatic rings. The van der Waals surface area contributed by atoms with E-state index >= 15 is 0 Å². The lowest BCUT2D eigenvalue weighted by Crippen LogP contribution is -2.49. The van der Waals surface area contributed by atoms with Crippen molar-refractivity contribution in [2.45, 2.75) is 57.2 Å². The summed E-state index contributed by atoms with van der Waals surface area (Å²) < 4.78 is 20.0. The highest BCUT2D eigenvalue weighted by Gasteiger charge is 2.38. The molecule has 3 aromatic carbocycles. The van der Waals surface area contributed by atoms with Crippen LogP contribution in [0.25, 0.3) is 16.7 Å². The minimum atomic E-state index is -1.13. The van der Waals surface area contributed by atoms with Crippen LogP contribution in [0.4, 0.5) is 5.69 Å². The maximum Gasteiger partial charge on any atom is 0.252 e. The summed E-state index contributed by atoms with van der Waals surface area (Å²) in [5.74, 6) is 0.368. The first kappa shape index (κ1) is 31.5. The molecule has 1 saturated carbocycles. The molecule has 6 rings (SSSR count). The molecular weight excluding hydrogens is 602 g/mol. The number of amides is 2. The van der Waals surface area contributed by atoms with Crippen molar-refractivity contribution in [3.63, 3.8) is 0 Å². The van der Waals surface area contributed by atoms with Gasteiger partial charge in [-0.15, -0.1) is 10.2 Å². The van der Waals surface area contributed by atoms with Gasteiger partial charge in [0.05, 0.1) is 32.5 Å². The average Bonchev–Trinajstić information content (AvgIpc) is 3.81. The van der Waals surface area contributed by atoms with Crippen molar-refractivity contribution in [1.29, 1.82) is 0 Å². The summed E-state index contributed by atoms with van der Waals surface area (Å²) in [6.07, 6.45) is 6.39. The van der Waals surface area contributed by atoms with Crippen LogP contribution in [-0.2, 0) is 9.59 Å². The molecule has 244 valence electrons. The van der Waals surface area contributed by atoms with Crippen LogP contribution >= 0.6 is 0 Å². The summed E-state index contributed by atoms with van der Waals surface area (Å²) in [4.78, 5) is 31.0. The number of rotatable bonds is 11. The zero-order valence-corrected chi connectivity index (χ0v) is 26.7. The Labute approximate surface area is 271 Å². The van der Waals surface area contributed by atoms with E-state index in [1.54, 1.807) is 48.0 Å². The van der Waals surface area contributed by atoms with E-state index in [4.69, 9.17) is 14.2 Å². The Bertz CT molecular complexity index is 1810. The van der Waals surface area contributed by atoms with Crippen molar-refractivity contribution in [3.8, 4) is 22.9 Å². The number of nitrogens with one attached hydrogen (secondary N) is 1. The van der Waals surface area contributed by atoms with Gasteiger partial charge in [0.1, 0.15) is 23.9 Å². The third-order valence-electron chi connectivity index (χ3n) is 8.54. The number of fused-ring (bicyclic) bond motifs is 1. The molecule has 2 amide bonds. The first-order chi connectivity index (χ1) is 22.9. The van der Waals surface area contributed by atoms with Crippen LogP contribution in [-0.4, -0.2) is 74.4 Å². The number of ether oxygens (including phenoxy) is 3. The molecule has 14 nitrogen and oxygen atoms in total. The van der Waals surface area contributed by atoms with Gasteiger partial charge in [0, 0.05) is 11.7 Å². The standard InChI is InChI=1S/C33H37N9O5/c1-21(42-27-13-9-8-12-26(27)36-38-42)33(44)41(25-16-14-24(15-17-25)40-20-34-37-39-40)30(32(43)35-23-10-6-5-7-11-23)22-18-28(45-2)31(47-4)29(19-22)46-3/h8-9,12-21,23,30H,5-7,10-11H2,1-4H3,(H,35,43). The Balaban J connectivity index is 1.51. The topological polar surface area (TPSA) is 151 Å². The molecule has 0 aliphatic heterocycles. The van der Waals surface area contributed by atoms with E-state index < -0.39 is 12.1 Å². The SMILES string of the molecule is COc1cc(C(C(=O)NC2CCCCC2)N(C(=O)C(C)n2nnc3ccccc32)c2ccc(-n3cnnn3)cc2)cc(OC)c1OC. The molecule has 2 aromatic heterocycles. The molecule has 0 spiro atoms. The fourth-order valence-electron chi connectivity index (χ4n) is 6.13.